The van der Waals surface area contributed by atoms with E-state index < -0.39 is 0 Å². The van der Waals surface area contributed by atoms with Gasteiger partial charge in [-0.15, -0.1) is 0 Å². The predicted octanol–water partition coefficient (Wildman–Crippen LogP) is 2.04. The molecule has 0 bridgehead atoms. The van der Waals surface area contributed by atoms with E-state index in [-0.39, 0.29) is 6.10 Å². The summed E-state index contributed by atoms with van der Waals surface area (Å²) in [4.78, 5) is 0. The van der Waals surface area contributed by atoms with Gasteiger partial charge in [-0.3, -0.25) is 0 Å². The van der Waals surface area contributed by atoms with Gasteiger partial charge in [-0.25, -0.2) is 0 Å². The topological polar surface area (TPSA) is 47.3 Å². The van der Waals surface area contributed by atoms with Gasteiger partial charge >= 0.3 is 0 Å². The molecule has 0 spiro atoms. The minimum Gasteiger partial charge on any atom is -0.490 e. The van der Waals surface area contributed by atoms with Gasteiger partial charge in [0, 0.05) is 5.69 Å². The molecule has 0 aromatic heterocycles. The first-order valence-corrected chi connectivity index (χ1v) is 5.98. The normalized spacial score (nSPS) is 19.3. The zero-order valence-corrected chi connectivity index (χ0v) is 9.78. The molecule has 16 heavy (non-hydrogen) atoms. The predicted molar refractivity (Wildman–Crippen MR) is 66.5 cm³/mol. The van der Waals surface area contributed by atoms with Crippen LogP contribution in [0.25, 0.3) is 0 Å². The molecule has 1 heterocycles. The van der Waals surface area contributed by atoms with Gasteiger partial charge in [-0.2, -0.15) is 0 Å². The minimum atomic E-state index is 0.283. The molecule has 0 saturated carbocycles. The van der Waals surface area contributed by atoms with Gasteiger partial charge in [-0.1, -0.05) is 0 Å². The number of ether oxygens (including phenoxy) is 1. The van der Waals surface area contributed by atoms with Gasteiger partial charge in [0.05, 0.1) is 6.10 Å². The van der Waals surface area contributed by atoms with E-state index in [9.17, 15) is 0 Å². The summed E-state index contributed by atoms with van der Waals surface area (Å²) in [6.07, 6.45) is 2.69. The van der Waals surface area contributed by atoms with Crippen molar-refractivity contribution in [2.75, 3.05) is 18.8 Å². The maximum Gasteiger partial charge on any atom is 0.119 e. The first kappa shape index (κ1) is 11.3. The van der Waals surface area contributed by atoms with E-state index in [1.165, 1.54) is 12.8 Å². The zero-order valence-electron chi connectivity index (χ0n) is 9.78. The van der Waals surface area contributed by atoms with E-state index in [4.69, 9.17) is 10.5 Å². The van der Waals surface area contributed by atoms with Crippen molar-refractivity contribution < 1.29 is 4.74 Å². The molecule has 1 saturated heterocycles. The molecule has 1 aromatic rings. The van der Waals surface area contributed by atoms with Gasteiger partial charge < -0.3 is 15.8 Å². The Labute approximate surface area is 97.0 Å². The average Bonchev–Trinajstić information content (AvgIpc) is 2.33. The largest absolute Gasteiger partial charge is 0.490 e. The van der Waals surface area contributed by atoms with Crippen LogP contribution < -0.4 is 15.8 Å². The number of hydrogen-bond donors (Lipinski definition) is 2. The summed E-state index contributed by atoms with van der Waals surface area (Å²) in [6.45, 7) is 4.38. The minimum absolute atomic E-state index is 0.283. The van der Waals surface area contributed by atoms with Crippen molar-refractivity contribution in [1.29, 1.82) is 0 Å². The Morgan fingerprint density at radius 3 is 2.50 bits per heavy atom. The summed E-state index contributed by atoms with van der Waals surface area (Å²) >= 11 is 0. The Kier molecular flexibility index (Phi) is 3.67. The third kappa shape index (κ3) is 2.89. The fraction of sp³-hybridized carbons (Fsp3) is 0.538. The van der Waals surface area contributed by atoms with E-state index in [0.717, 1.165) is 24.5 Å². The number of nitrogens with two attached hydrogens (primary N) is 1. The Morgan fingerprint density at radius 2 is 1.88 bits per heavy atom. The number of nitrogens with one attached hydrogen (secondary N) is 1. The summed E-state index contributed by atoms with van der Waals surface area (Å²) < 4.78 is 5.93. The molecule has 1 fully saturated rings. The van der Waals surface area contributed by atoms with E-state index in [1.54, 1.807) is 0 Å². The highest BCUT2D eigenvalue weighted by molar-refractivity contribution is 5.41. The van der Waals surface area contributed by atoms with Crippen LogP contribution in [0.2, 0.25) is 0 Å². The number of piperidine rings is 1. The van der Waals surface area contributed by atoms with Crippen LogP contribution in [-0.4, -0.2) is 19.2 Å². The monoisotopic (exact) mass is 220 g/mol. The van der Waals surface area contributed by atoms with Gasteiger partial charge in [0.15, 0.2) is 0 Å². The highest BCUT2D eigenvalue weighted by atomic mass is 16.5. The van der Waals surface area contributed by atoms with Crippen molar-refractivity contribution in [2.45, 2.75) is 25.9 Å². The molecular formula is C13H20N2O. The van der Waals surface area contributed by atoms with Crippen LogP contribution in [0.15, 0.2) is 24.3 Å². The van der Waals surface area contributed by atoms with E-state index in [1.807, 2.05) is 24.3 Å². The Bertz CT molecular complexity index is 317. The van der Waals surface area contributed by atoms with E-state index in [2.05, 4.69) is 12.2 Å². The molecule has 1 aliphatic heterocycles. The highest BCUT2D eigenvalue weighted by Gasteiger charge is 2.20. The lowest BCUT2D eigenvalue weighted by Gasteiger charge is -2.28. The highest BCUT2D eigenvalue weighted by Crippen LogP contribution is 2.22. The molecule has 0 aliphatic carbocycles. The van der Waals surface area contributed by atoms with Crippen molar-refractivity contribution in [3.63, 3.8) is 0 Å². The lowest BCUT2D eigenvalue weighted by atomic mass is 9.93. The van der Waals surface area contributed by atoms with E-state index >= 15 is 0 Å². The van der Waals surface area contributed by atoms with Crippen LogP contribution in [-0.2, 0) is 0 Å². The fourth-order valence-corrected chi connectivity index (χ4v) is 2.17. The molecule has 0 amide bonds. The van der Waals surface area contributed by atoms with Crippen molar-refractivity contribution >= 4 is 5.69 Å². The first-order valence-electron chi connectivity index (χ1n) is 5.98. The summed E-state index contributed by atoms with van der Waals surface area (Å²) in [5.41, 5.74) is 6.42. The summed E-state index contributed by atoms with van der Waals surface area (Å²) in [5, 5.41) is 3.37. The molecule has 1 aliphatic rings. The second-order valence-corrected chi connectivity index (χ2v) is 4.48. The number of hydrogen-bond acceptors (Lipinski definition) is 3. The molecule has 3 heteroatoms. The lowest BCUT2D eigenvalue weighted by Crippen LogP contribution is -2.35. The van der Waals surface area contributed by atoms with Gasteiger partial charge in [-0.05, 0) is 63.0 Å². The number of rotatable bonds is 3. The van der Waals surface area contributed by atoms with Crippen molar-refractivity contribution in [3.05, 3.63) is 24.3 Å². The van der Waals surface area contributed by atoms with Crippen LogP contribution in [0.4, 0.5) is 5.69 Å². The summed E-state index contributed by atoms with van der Waals surface area (Å²) in [5.74, 6) is 1.58. The molecule has 1 atom stereocenters. The number of anilines is 1. The standard InChI is InChI=1S/C13H20N2O/c1-10(11-6-8-15-9-7-11)16-13-4-2-12(14)3-5-13/h2-5,10-11,15H,6-9,14H2,1H3. The second-order valence-electron chi connectivity index (χ2n) is 4.48. The molecule has 0 radical (unpaired) electrons. The molecule has 88 valence electrons. The van der Waals surface area contributed by atoms with Crippen LogP contribution in [0.3, 0.4) is 0 Å². The maximum atomic E-state index is 5.93. The van der Waals surface area contributed by atoms with E-state index in [0.29, 0.717) is 5.92 Å². The smallest absolute Gasteiger partial charge is 0.119 e. The van der Waals surface area contributed by atoms with Crippen LogP contribution in [0.1, 0.15) is 19.8 Å². The molecule has 3 N–H and O–H groups in total. The van der Waals surface area contributed by atoms with Crippen LogP contribution in [0, 0.1) is 5.92 Å². The number of nitrogen functional groups attached to an aromatic ring is 1. The second kappa shape index (κ2) is 5.21. The third-order valence-electron chi connectivity index (χ3n) is 3.25. The van der Waals surface area contributed by atoms with Gasteiger partial charge in [0.25, 0.3) is 0 Å². The summed E-state index contributed by atoms with van der Waals surface area (Å²) in [6, 6.07) is 7.63. The first-order chi connectivity index (χ1) is 7.75. The Balaban J connectivity index is 1.90. The molecular weight excluding hydrogens is 200 g/mol. The maximum absolute atomic E-state index is 5.93. The van der Waals surface area contributed by atoms with Crippen molar-refractivity contribution in [3.8, 4) is 5.75 Å². The SMILES string of the molecule is CC(Oc1ccc(N)cc1)C1CCNCC1. The Hall–Kier alpha value is -1.22. The quantitative estimate of drug-likeness (QED) is 0.766. The molecule has 1 aromatic carbocycles. The fourth-order valence-electron chi connectivity index (χ4n) is 2.17. The van der Waals surface area contributed by atoms with Crippen LogP contribution >= 0.6 is 0 Å². The van der Waals surface area contributed by atoms with Crippen molar-refractivity contribution in [1.82, 2.24) is 5.32 Å². The number of benzene rings is 1. The Morgan fingerprint density at radius 1 is 1.25 bits per heavy atom. The third-order valence-corrected chi connectivity index (χ3v) is 3.25. The lowest BCUT2D eigenvalue weighted by molar-refractivity contribution is 0.128. The zero-order chi connectivity index (χ0) is 11.4. The van der Waals surface area contributed by atoms with Gasteiger partial charge in [0.2, 0.25) is 0 Å². The molecule has 3 nitrogen and oxygen atoms in total. The average molecular weight is 220 g/mol. The van der Waals surface area contributed by atoms with Gasteiger partial charge in [0.1, 0.15) is 5.75 Å². The van der Waals surface area contributed by atoms with Crippen molar-refractivity contribution in [2.24, 2.45) is 5.92 Å². The van der Waals surface area contributed by atoms with Crippen LogP contribution in [0.5, 0.6) is 5.75 Å². The summed E-state index contributed by atoms with van der Waals surface area (Å²) in [7, 11) is 0. The molecule has 1 unspecified atom stereocenters. The molecule has 2 rings (SSSR count).